The molecule has 1 saturated heterocycles. The van der Waals surface area contributed by atoms with E-state index in [9.17, 15) is 4.79 Å². The molecule has 0 spiro atoms. The molecule has 0 unspecified atom stereocenters. The van der Waals surface area contributed by atoms with Crippen molar-refractivity contribution in [3.63, 3.8) is 0 Å². The van der Waals surface area contributed by atoms with Gasteiger partial charge in [0.1, 0.15) is 6.61 Å². The van der Waals surface area contributed by atoms with E-state index >= 15 is 0 Å². The first kappa shape index (κ1) is 24.1. The summed E-state index contributed by atoms with van der Waals surface area (Å²) in [5.74, 6) is 1.07. The smallest absolute Gasteiger partial charge is 0.270 e. The van der Waals surface area contributed by atoms with Crippen LogP contribution in [-0.2, 0) is 11.4 Å². The third kappa shape index (κ3) is 5.37. The quantitative estimate of drug-likeness (QED) is 0.168. The maximum absolute atomic E-state index is 13.1. The molecular weight excluding hydrogens is 589 g/mol. The molecule has 8 heteroatoms. The molecule has 3 aromatic carbocycles. The number of thioether (sulfide) groups is 1. The molecule has 1 aliphatic rings. The van der Waals surface area contributed by atoms with Crippen LogP contribution in [0.3, 0.4) is 0 Å². The lowest BCUT2D eigenvalue weighted by Crippen LogP contribution is -2.27. The van der Waals surface area contributed by atoms with E-state index in [-0.39, 0.29) is 5.91 Å². The van der Waals surface area contributed by atoms with Crippen LogP contribution in [0, 0.1) is 10.5 Å². The lowest BCUT2D eigenvalue weighted by Gasteiger charge is -2.15. The summed E-state index contributed by atoms with van der Waals surface area (Å²) in [5.41, 5.74) is 3.56. The van der Waals surface area contributed by atoms with Gasteiger partial charge in [-0.3, -0.25) is 9.69 Å². The minimum absolute atomic E-state index is 0.136. The van der Waals surface area contributed by atoms with Gasteiger partial charge >= 0.3 is 0 Å². The number of aryl methyl sites for hydroxylation is 1. The fraction of sp³-hybridized carbons (Fsp3) is 0.120. The molecule has 1 heterocycles. The summed E-state index contributed by atoms with van der Waals surface area (Å²) >= 11 is 15.2. The van der Waals surface area contributed by atoms with Gasteiger partial charge in [-0.15, -0.1) is 0 Å². The second-order valence-corrected chi connectivity index (χ2v) is 10.5. The number of amides is 1. The predicted molar refractivity (Wildman–Crippen MR) is 148 cm³/mol. The largest absolute Gasteiger partial charge is 0.493 e. The summed E-state index contributed by atoms with van der Waals surface area (Å²) in [4.78, 5) is 15.2. The molecule has 1 fully saturated rings. The van der Waals surface area contributed by atoms with E-state index < -0.39 is 0 Å². The Bertz CT molecular complexity index is 1280. The number of ether oxygens (including phenoxy) is 2. The molecule has 168 valence electrons. The first-order valence-corrected chi connectivity index (χ1v) is 12.6. The van der Waals surface area contributed by atoms with Crippen molar-refractivity contribution in [3.8, 4) is 11.5 Å². The molecule has 3 aromatic rings. The summed E-state index contributed by atoms with van der Waals surface area (Å²) < 4.78 is 13.0. The minimum atomic E-state index is -0.136. The van der Waals surface area contributed by atoms with Gasteiger partial charge in [0, 0.05) is 10.6 Å². The van der Waals surface area contributed by atoms with Crippen LogP contribution >= 0.6 is 58.2 Å². The highest BCUT2D eigenvalue weighted by molar-refractivity contribution is 14.1. The van der Waals surface area contributed by atoms with E-state index in [2.05, 4.69) is 22.6 Å². The summed E-state index contributed by atoms with van der Waals surface area (Å²) in [7, 11) is 1.59. The highest BCUT2D eigenvalue weighted by Crippen LogP contribution is 2.39. The summed E-state index contributed by atoms with van der Waals surface area (Å²) in [6.45, 7) is 2.31. The van der Waals surface area contributed by atoms with Gasteiger partial charge in [0.2, 0.25) is 0 Å². The Balaban J connectivity index is 1.59. The SMILES string of the molecule is COc1cc(/C=C2\SC(=S)N(c3cccc(C)c3)C2=O)cc(I)c1OCc1ccccc1Cl. The molecule has 0 aromatic heterocycles. The maximum atomic E-state index is 13.1. The third-order valence-electron chi connectivity index (χ3n) is 4.93. The van der Waals surface area contributed by atoms with E-state index in [1.54, 1.807) is 12.0 Å². The number of halogens is 2. The number of hydrogen-bond donors (Lipinski definition) is 0. The lowest BCUT2D eigenvalue weighted by atomic mass is 10.1. The summed E-state index contributed by atoms with van der Waals surface area (Å²) in [5, 5.41) is 0.652. The Morgan fingerprint density at radius 3 is 2.67 bits per heavy atom. The second kappa shape index (κ2) is 10.5. The van der Waals surface area contributed by atoms with Crippen molar-refractivity contribution in [2.24, 2.45) is 0 Å². The number of thiocarbonyl (C=S) groups is 1. The molecule has 0 atom stereocenters. The molecule has 0 saturated carbocycles. The van der Waals surface area contributed by atoms with Crippen LogP contribution in [0.5, 0.6) is 11.5 Å². The first-order chi connectivity index (χ1) is 15.9. The highest BCUT2D eigenvalue weighted by atomic mass is 127. The summed E-state index contributed by atoms with van der Waals surface area (Å²) in [6.07, 6.45) is 1.83. The van der Waals surface area contributed by atoms with Crippen molar-refractivity contribution < 1.29 is 14.3 Å². The molecule has 0 N–H and O–H groups in total. The fourth-order valence-electron chi connectivity index (χ4n) is 3.34. The van der Waals surface area contributed by atoms with Crippen molar-refractivity contribution in [2.75, 3.05) is 12.0 Å². The van der Waals surface area contributed by atoms with Gasteiger partial charge in [-0.1, -0.05) is 65.9 Å². The number of benzene rings is 3. The second-order valence-electron chi connectivity index (χ2n) is 7.27. The molecule has 33 heavy (non-hydrogen) atoms. The van der Waals surface area contributed by atoms with Crippen LogP contribution in [0.15, 0.2) is 65.6 Å². The topological polar surface area (TPSA) is 38.8 Å². The normalized spacial score (nSPS) is 14.8. The van der Waals surface area contributed by atoms with Gasteiger partial charge in [-0.25, -0.2) is 0 Å². The summed E-state index contributed by atoms with van der Waals surface area (Å²) in [6, 6.07) is 19.1. The Labute approximate surface area is 221 Å². The Hall–Kier alpha value is -2.07. The fourth-order valence-corrected chi connectivity index (χ4v) is 5.61. The molecule has 1 aliphatic heterocycles. The van der Waals surface area contributed by atoms with Gasteiger partial charge < -0.3 is 9.47 Å². The number of nitrogens with zero attached hydrogens (tertiary/aromatic N) is 1. The van der Waals surface area contributed by atoms with Gasteiger partial charge in [0.15, 0.2) is 15.8 Å². The lowest BCUT2D eigenvalue weighted by molar-refractivity contribution is -0.113. The number of anilines is 1. The minimum Gasteiger partial charge on any atom is -0.493 e. The number of carbonyl (C=O) groups excluding carboxylic acids is 1. The highest BCUT2D eigenvalue weighted by Gasteiger charge is 2.33. The molecule has 0 aliphatic carbocycles. The van der Waals surface area contributed by atoms with Crippen molar-refractivity contribution in [1.29, 1.82) is 0 Å². The number of methoxy groups -OCH3 is 1. The Morgan fingerprint density at radius 2 is 1.94 bits per heavy atom. The maximum Gasteiger partial charge on any atom is 0.270 e. The van der Waals surface area contributed by atoms with E-state index in [1.165, 1.54) is 11.8 Å². The van der Waals surface area contributed by atoms with Crippen LogP contribution in [0.1, 0.15) is 16.7 Å². The Morgan fingerprint density at radius 1 is 1.15 bits per heavy atom. The van der Waals surface area contributed by atoms with Crippen LogP contribution in [0.4, 0.5) is 5.69 Å². The average Bonchev–Trinajstić information content (AvgIpc) is 3.06. The van der Waals surface area contributed by atoms with Gasteiger partial charge in [-0.05, 0) is 77.0 Å². The molecule has 4 rings (SSSR count). The molecular formula is C25H19ClINO3S2. The molecule has 0 bridgehead atoms. The van der Waals surface area contributed by atoms with Crippen LogP contribution in [0.2, 0.25) is 5.02 Å². The van der Waals surface area contributed by atoms with Crippen molar-refractivity contribution in [1.82, 2.24) is 0 Å². The van der Waals surface area contributed by atoms with Crippen molar-refractivity contribution in [2.45, 2.75) is 13.5 Å². The average molecular weight is 608 g/mol. The molecule has 4 nitrogen and oxygen atoms in total. The number of rotatable bonds is 6. The Kier molecular flexibility index (Phi) is 7.63. The van der Waals surface area contributed by atoms with Crippen LogP contribution in [0.25, 0.3) is 6.08 Å². The zero-order chi connectivity index (χ0) is 23.5. The van der Waals surface area contributed by atoms with Crippen molar-refractivity contribution in [3.05, 3.63) is 90.9 Å². The van der Waals surface area contributed by atoms with Crippen molar-refractivity contribution >= 4 is 80.2 Å². The van der Waals surface area contributed by atoms with Gasteiger partial charge in [0.25, 0.3) is 5.91 Å². The standard InChI is InChI=1S/C25H19ClINO3S2/c1-15-6-5-8-18(10-15)28-24(29)22(33-25(28)32)13-16-11-20(27)23(21(12-16)30-2)31-14-17-7-3-4-9-19(17)26/h3-13H,14H2,1-2H3/b22-13-. The number of carbonyl (C=O) groups is 1. The zero-order valence-electron chi connectivity index (χ0n) is 17.8. The monoisotopic (exact) mass is 607 g/mol. The molecule has 0 radical (unpaired) electrons. The van der Waals surface area contributed by atoms with E-state index in [1.807, 2.05) is 73.7 Å². The zero-order valence-corrected chi connectivity index (χ0v) is 22.3. The van der Waals surface area contributed by atoms with Crippen LogP contribution < -0.4 is 14.4 Å². The van der Waals surface area contributed by atoms with Gasteiger partial charge in [-0.2, -0.15) is 0 Å². The van der Waals surface area contributed by atoms with E-state index in [4.69, 9.17) is 33.3 Å². The van der Waals surface area contributed by atoms with Gasteiger partial charge in [0.05, 0.1) is 21.3 Å². The molecule has 1 amide bonds. The third-order valence-corrected chi connectivity index (χ3v) is 7.41. The van der Waals surface area contributed by atoms with E-state index in [0.29, 0.717) is 32.4 Å². The van der Waals surface area contributed by atoms with Crippen LogP contribution in [-0.4, -0.2) is 17.3 Å². The first-order valence-electron chi connectivity index (χ1n) is 9.95. The predicted octanol–water partition coefficient (Wildman–Crippen LogP) is 7.25. The number of hydrogen-bond acceptors (Lipinski definition) is 5. The van der Waals surface area contributed by atoms with E-state index in [0.717, 1.165) is 25.9 Å².